The molecule has 0 aliphatic rings. The van der Waals surface area contributed by atoms with Crippen LogP contribution in [0.1, 0.15) is 25.0 Å². The third kappa shape index (κ3) is 4.87. The summed E-state index contributed by atoms with van der Waals surface area (Å²) < 4.78 is 18.6. The van der Waals surface area contributed by atoms with Gasteiger partial charge >= 0.3 is 0 Å². The highest BCUT2D eigenvalue weighted by Gasteiger charge is 2.12. The number of rotatable bonds is 6. The number of hydrogen-bond donors (Lipinski definition) is 1. The molecule has 118 valence electrons. The minimum absolute atomic E-state index is 0.0227. The fraction of sp³-hybridized carbons (Fsp3) is 0.294. The maximum Gasteiger partial charge on any atom is 0.142 e. The standard InChI is InChI=1S/C17H18Cl2FNO/c1-11(2)22-17-13(7-14(18)8-16(17)19)10-21-9-12-3-5-15(20)6-4-12/h3-8,11,21H,9-10H2,1-2H3. The molecule has 0 spiro atoms. The maximum atomic E-state index is 12.9. The van der Waals surface area contributed by atoms with Crippen LogP contribution in [0, 0.1) is 5.82 Å². The van der Waals surface area contributed by atoms with Crippen molar-refractivity contribution in [3.05, 3.63) is 63.4 Å². The molecular formula is C17H18Cl2FNO. The van der Waals surface area contributed by atoms with Crippen LogP contribution in [-0.4, -0.2) is 6.10 Å². The Morgan fingerprint density at radius 3 is 2.41 bits per heavy atom. The highest BCUT2D eigenvalue weighted by atomic mass is 35.5. The quantitative estimate of drug-likeness (QED) is 0.778. The monoisotopic (exact) mass is 341 g/mol. The van der Waals surface area contributed by atoms with Crippen LogP contribution in [0.3, 0.4) is 0 Å². The maximum absolute atomic E-state index is 12.9. The Labute approximate surface area is 140 Å². The van der Waals surface area contributed by atoms with Crippen molar-refractivity contribution < 1.29 is 9.13 Å². The zero-order valence-electron chi connectivity index (χ0n) is 12.5. The molecular weight excluding hydrogens is 324 g/mol. The van der Waals surface area contributed by atoms with Gasteiger partial charge in [0.15, 0.2) is 0 Å². The van der Waals surface area contributed by atoms with Crippen LogP contribution < -0.4 is 10.1 Å². The van der Waals surface area contributed by atoms with Gasteiger partial charge in [0.2, 0.25) is 0 Å². The molecule has 0 fully saturated rings. The molecule has 0 radical (unpaired) electrons. The lowest BCUT2D eigenvalue weighted by atomic mass is 10.1. The zero-order chi connectivity index (χ0) is 16.1. The third-order valence-electron chi connectivity index (χ3n) is 3.00. The van der Waals surface area contributed by atoms with E-state index in [0.29, 0.717) is 28.9 Å². The highest BCUT2D eigenvalue weighted by Crippen LogP contribution is 2.33. The molecule has 0 aromatic heterocycles. The summed E-state index contributed by atoms with van der Waals surface area (Å²) in [5, 5.41) is 4.35. The predicted octanol–water partition coefficient (Wildman–Crippen LogP) is 5.21. The van der Waals surface area contributed by atoms with E-state index < -0.39 is 0 Å². The SMILES string of the molecule is CC(C)Oc1c(Cl)cc(Cl)cc1CNCc1ccc(F)cc1. The average Bonchev–Trinajstić information content (AvgIpc) is 2.44. The molecule has 0 saturated heterocycles. The summed E-state index contributed by atoms with van der Waals surface area (Å²) in [6.45, 7) is 5.06. The van der Waals surface area contributed by atoms with Crippen LogP contribution in [0.5, 0.6) is 5.75 Å². The van der Waals surface area contributed by atoms with Crippen molar-refractivity contribution in [3.8, 4) is 5.75 Å². The summed E-state index contributed by atoms with van der Waals surface area (Å²) in [5.41, 5.74) is 1.90. The van der Waals surface area contributed by atoms with E-state index in [1.807, 2.05) is 19.9 Å². The van der Waals surface area contributed by atoms with Crippen molar-refractivity contribution in [3.63, 3.8) is 0 Å². The highest BCUT2D eigenvalue weighted by molar-refractivity contribution is 6.35. The van der Waals surface area contributed by atoms with Crippen LogP contribution in [0.2, 0.25) is 10.0 Å². The molecule has 2 aromatic rings. The lowest BCUT2D eigenvalue weighted by molar-refractivity contribution is 0.239. The molecule has 0 aliphatic carbocycles. The lowest BCUT2D eigenvalue weighted by Crippen LogP contribution is -2.15. The zero-order valence-corrected chi connectivity index (χ0v) is 14.0. The molecule has 0 saturated carbocycles. The minimum Gasteiger partial charge on any atom is -0.489 e. The van der Waals surface area contributed by atoms with E-state index in [0.717, 1.165) is 11.1 Å². The molecule has 0 unspecified atom stereocenters. The Hall–Kier alpha value is -1.29. The van der Waals surface area contributed by atoms with Crippen molar-refractivity contribution >= 4 is 23.2 Å². The Bertz CT molecular complexity index is 629. The summed E-state index contributed by atoms with van der Waals surface area (Å²) in [4.78, 5) is 0. The van der Waals surface area contributed by atoms with Gasteiger partial charge in [-0.1, -0.05) is 35.3 Å². The predicted molar refractivity (Wildman–Crippen MR) is 89.2 cm³/mol. The molecule has 0 amide bonds. The Morgan fingerprint density at radius 2 is 1.77 bits per heavy atom. The Morgan fingerprint density at radius 1 is 1.09 bits per heavy atom. The van der Waals surface area contributed by atoms with E-state index in [2.05, 4.69) is 5.32 Å². The fourth-order valence-corrected chi connectivity index (χ4v) is 2.64. The molecule has 0 atom stereocenters. The second-order valence-corrected chi connectivity index (χ2v) is 6.12. The first-order chi connectivity index (χ1) is 10.5. The van der Waals surface area contributed by atoms with Gasteiger partial charge in [-0.05, 0) is 43.7 Å². The second-order valence-electron chi connectivity index (χ2n) is 5.27. The summed E-state index contributed by atoms with van der Waals surface area (Å²) in [6, 6.07) is 9.89. The van der Waals surface area contributed by atoms with E-state index in [-0.39, 0.29) is 11.9 Å². The van der Waals surface area contributed by atoms with Crippen LogP contribution in [0.15, 0.2) is 36.4 Å². The number of hydrogen-bond acceptors (Lipinski definition) is 2. The lowest BCUT2D eigenvalue weighted by Gasteiger charge is -2.17. The summed E-state index contributed by atoms with van der Waals surface area (Å²) in [7, 11) is 0. The van der Waals surface area contributed by atoms with Crippen molar-refractivity contribution in [2.24, 2.45) is 0 Å². The Balaban J connectivity index is 2.06. The van der Waals surface area contributed by atoms with Crippen LogP contribution >= 0.6 is 23.2 Å². The van der Waals surface area contributed by atoms with Crippen LogP contribution in [-0.2, 0) is 13.1 Å². The second kappa shape index (κ2) is 7.82. The smallest absolute Gasteiger partial charge is 0.142 e. The van der Waals surface area contributed by atoms with Gasteiger partial charge in [0.1, 0.15) is 11.6 Å². The molecule has 0 heterocycles. The van der Waals surface area contributed by atoms with E-state index in [4.69, 9.17) is 27.9 Å². The van der Waals surface area contributed by atoms with E-state index >= 15 is 0 Å². The summed E-state index contributed by atoms with van der Waals surface area (Å²) in [5.74, 6) is 0.408. The molecule has 0 aliphatic heterocycles. The van der Waals surface area contributed by atoms with Crippen molar-refractivity contribution in [2.45, 2.75) is 33.0 Å². The summed E-state index contributed by atoms with van der Waals surface area (Å²) >= 11 is 12.3. The first kappa shape index (κ1) is 17.1. The number of benzene rings is 2. The largest absolute Gasteiger partial charge is 0.489 e. The van der Waals surface area contributed by atoms with E-state index in [1.54, 1.807) is 18.2 Å². The molecule has 1 N–H and O–H groups in total. The summed E-state index contributed by atoms with van der Waals surface area (Å²) in [6.07, 6.45) is 0.0227. The van der Waals surface area contributed by atoms with Crippen molar-refractivity contribution in [2.75, 3.05) is 0 Å². The molecule has 2 aromatic carbocycles. The van der Waals surface area contributed by atoms with E-state index in [9.17, 15) is 4.39 Å². The minimum atomic E-state index is -0.238. The van der Waals surface area contributed by atoms with Crippen molar-refractivity contribution in [1.29, 1.82) is 0 Å². The third-order valence-corrected chi connectivity index (χ3v) is 3.50. The first-order valence-corrected chi connectivity index (χ1v) is 7.81. The van der Waals surface area contributed by atoms with Gasteiger partial charge in [-0.15, -0.1) is 0 Å². The van der Waals surface area contributed by atoms with Crippen molar-refractivity contribution in [1.82, 2.24) is 5.32 Å². The first-order valence-electron chi connectivity index (χ1n) is 7.05. The number of nitrogens with one attached hydrogen (secondary N) is 1. The molecule has 5 heteroatoms. The Kier molecular flexibility index (Phi) is 6.07. The molecule has 22 heavy (non-hydrogen) atoms. The van der Waals surface area contributed by atoms with E-state index in [1.165, 1.54) is 12.1 Å². The van der Waals surface area contributed by atoms with Gasteiger partial charge in [-0.25, -0.2) is 4.39 Å². The van der Waals surface area contributed by atoms with Gasteiger partial charge in [-0.2, -0.15) is 0 Å². The fourth-order valence-electron chi connectivity index (χ4n) is 2.06. The van der Waals surface area contributed by atoms with Gasteiger partial charge in [0.05, 0.1) is 11.1 Å². The number of halogens is 3. The van der Waals surface area contributed by atoms with Crippen LogP contribution in [0.25, 0.3) is 0 Å². The molecule has 2 rings (SSSR count). The van der Waals surface area contributed by atoms with Gasteiger partial charge in [-0.3, -0.25) is 0 Å². The number of ether oxygens (including phenoxy) is 1. The van der Waals surface area contributed by atoms with Gasteiger partial charge in [0, 0.05) is 23.7 Å². The average molecular weight is 342 g/mol. The topological polar surface area (TPSA) is 21.3 Å². The van der Waals surface area contributed by atoms with Gasteiger partial charge in [0.25, 0.3) is 0 Å². The normalized spacial score (nSPS) is 11.0. The molecule has 2 nitrogen and oxygen atoms in total. The van der Waals surface area contributed by atoms with Gasteiger partial charge < -0.3 is 10.1 Å². The molecule has 0 bridgehead atoms. The van der Waals surface area contributed by atoms with Crippen LogP contribution in [0.4, 0.5) is 4.39 Å².